The van der Waals surface area contributed by atoms with Crippen LogP contribution in [0.3, 0.4) is 0 Å². The number of ether oxygens (including phenoxy) is 1. The molecule has 0 atom stereocenters. The Kier molecular flexibility index (Phi) is 3.93. The highest BCUT2D eigenvalue weighted by Gasteiger charge is 2.23. The SMILES string of the molecule is Cc1ccc2c(c1)-c1c(cnn1CC(=O)NCc1cccnc1)CO2. The standard InChI is InChI=1S/C19H18N4O2/c1-13-4-5-17-16(7-13)19-15(12-25-17)10-22-23(19)11-18(24)21-9-14-3-2-6-20-8-14/h2-8,10H,9,11-12H2,1H3,(H,21,24). The minimum atomic E-state index is -0.0875. The number of hydrogen-bond acceptors (Lipinski definition) is 4. The van der Waals surface area contributed by atoms with E-state index >= 15 is 0 Å². The molecule has 6 nitrogen and oxygen atoms in total. The Labute approximate surface area is 145 Å². The average molecular weight is 334 g/mol. The first kappa shape index (κ1) is 15.4. The number of nitrogens with one attached hydrogen (secondary N) is 1. The number of benzene rings is 1. The fourth-order valence-corrected chi connectivity index (χ4v) is 2.97. The number of fused-ring (bicyclic) bond motifs is 3. The van der Waals surface area contributed by atoms with Gasteiger partial charge in [-0.25, -0.2) is 0 Å². The van der Waals surface area contributed by atoms with Crippen molar-refractivity contribution in [3.63, 3.8) is 0 Å². The van der Waals surface area contributed by atoms with E-state index in [1.807, 2.05) is 31.2 Å². The van der Waals surface area contributed by atoms with Crippen LogP contribution in [0, 0.1) is 6.92 Å². The molecule has 3 heterocycles. The summed E-state index contributed by atoms with van der Waals surface area (Å²) in [6.45, 7) is 3.14. The van der Waals surface area contributed by atoms with Gasteiger partial charge in [-0.2, -0.15) is 5.10 Å². The minimum Gasteiger partial charge on any atom is -0.488 e. The van der Waals surface area contributed by atoms with Gasteiger partial charge in [0.2, 0.25) is 5.91 Å². The third-order valence-corrected chi connectivity index (χ3v) is 4.19. The van der Waals surface area contributed by atoms with Crippen LogP contribution in [-0.2, 0) is 24.5 Å². The molecule has 2 aromatic heterocycles. The molecule has 4 rings (SSSR count). The number of rotatable bonds is 4. The van der Waals surface area contributed by atoms with Crippen LogP contribution in [0.4, 0.5) is 0 Å². The summed E-state index contributed by atoms with van der Waals surface area (Å²) >= 11 is 0. The fraction of sp³-hybridized carbons (Fsp3) is 0.211. The van der Waals surface area contributed by atoms with E-state index in [-0.39, 0.29) is 12.5 Å². The number of hydrogen-bond donors (Lipinski definition) is 1. The van der Waals surface area contributed by atoms with Crippen LogP contribution >= 0.6 is 0 Å². The quantitative estimate of drug-likeness (QED) is 0.796. The number of carbonyl (C=O) groups excluding carboxylic acids is 1. The molecule has 1 N–H and O–H groups in total. The minimum absolute atomic E-state index is 0.0875. The molecule has 3 aromatic rings. The van der Waals surface area contributed by atoms with Gasteiger partial charge in [-0.1, -0.05) is 17.7 Å². The molecule has 0 saturated heterocycles. The van der Waals surface area contributed by atoms with E-state index < -0.39 is 0 Å². The summed E-state index contributed by atoms with van der Waals surface area (Å²) in [6.07, 6.45) is 5.23. The largest absolute Gasteiger partial charge is 0.488 e. The molecule has 0 radical (unpaired) electrons. The van der Waals surface area contributed by atoms with Crippen molar-refractivity contribution in [2.45, 2.75) is 26.6 Å². The third kappa shape index (κ3) is 3.10. The van der Waals surface area contributed by atoms with Crippen molar-refractivity contribution in [3.8, 4) is 17.0 Å². The molecule has 0 unspecified atom stereocenters. The van der Waals surface area contributed by atoms with Gasteiger partial charge in [-0.3, -0.25) is 14.5 Å². The lowest BCUT2D eigenvalue weighted by atomic mass is 10.0. The van der Waals surface area contributed by atoms with Gasteiger partial charge >= 0.3 is 0 Å². The molecule has 1 aromatic carbocycles. The number of pyridine rings is 1. The smallest absolute Gasteiger partial charge is 0.242 e. The van der Waals surface area contributed by atoms with Gasteiger partial charge in [0.1, 0.15) is 18.9 Å². The Balaban J connectivity index is 1.53. The molecular formula is C19H18N4O2. The summed E-state index contributed by atoms with van der Waals surface area (Å²) in [6, 6.07) is 9.83. The Morgan fingerprint density at radius 2 is 2.24 bits per heavy atom. The number of carbonyl (C=O) groups is 1. The molecule has 0 bridgehead atoms. The molecule has 126 valence electrons. The van der Waals surface area contributed by atoms with Gasteiger partial charge in [-0.15, -0.1) is 0 Å². The molecular weight excluding hydrogens is 316 g/mol. The highest BCUT2D eigenvalue weighted by Crippen LogP contribution is 2.37. The van der Waals surface area contributed by atoms with Crippen LogP contribution in [-0.4, -0.2) is 20.7 Å². The van der Waals surface area contributed by atoms with E-state index in [1.54, 1.807) is 23.3 Å². The maximum Gasteiger partial charge on any atom is 0.242 e. The Morgan fingerprint density at radius 3 is 3.08 bits per heavy atom. The van der Waals surface area contributed by atoms with E-state index in [9.17, 15) is 4.79 Å². The highest BCUT2D eigenvalue weighted by molar-refractivity contribution is 5.78. The lowest BCUT2D eigenvalue weighted by Crippen LogP contribution is -2.28. The topological polar surface area (TPSA) is 69.0 Å². The van der Waals surface area contributed by atoms with Gasteiger partial charge in [0.05, 0.1) is 11.9 Å². The molecule has 1 amide bonds. The molecule has 1 aliphatic heterocycles. The van der Waals surface area contributed by atoms with E-state index in [0.29, 0.717) is 13.2 Å². The second-order valence-electron chi connectivity index (χ2n) is 6.10. The van der Waals surface area contributed by atoms with Crippen LogP contribution in [0.5, 0.6) is 5.75 Å². The molecule has 0 saturated carbocycles. The second kappa shape index (κ2) is 6.39. The zero-order valence-corrected chi connectivity index (χ0v) is 13.9. The van der Waals surface area contributed by atoms with Crippen LogP contribution in [0.2, 0.25) is 0 Å². The lowest BCUT2D eigenvalue weighted by molar-refractivity contribution is -0.122. The second-order valence-corrected chi connectivity index (χ2v) is 6.10. The number of nitrogens with zero attached hydrogens (tertiary/aromatic N) is 3. The lowest BCUT2D eigenvalue weighted by Gasteiger charge is -2.19. The molecule has 6 heteroatoms. The molecule has 0 aliphatic carbocycles. The molecule has 0 fully saturated rings. The van der Waals surface area contributed by atoms with Crippen LogP contribution in [0.1, 0.15) is 16.7 Å². The zero-order chi connectivity index (χ0) is 17.2. The maximum atomic E-state index is 12.3. The normalized spacial score (nSPS) is 12.0. The number of amides is 1. The van der Waals surface area contributed by atoms with Crippen molar-refractivity contribution in [2.75, 3.05) is 0 Å². The summed E-state index contributed by atoms with van der Waals surface area (Å²) < 4.78 is 7.51. The molecule has 1 aliphatic rings. The maximum absolute atomic E-state index is 12.3. The van der Waals surface area contributed by atoms with E-state index in [0.717, 1.165) is 33.7 Å². The van der Waals surface area contributed by atoms with Crippen molar-refractivity contribution in [2.24, 2.45) is 0 Å². The summed E-state index contributed by atoms with van der Waals surface area (Å²) in [7, 11) is 0. The Morgan fingerprint density at radius 1 is 1.32 bits per heavy atom. The van der Waals surface area contributed by atoms with Crippen LogP contribution in [0.25, 0.3) is 11.3 Å². The van der Waals surface area contributed by atoms with E-state index in [2.05, 4.69) is 21.5 Å². The Bertz CT molecular complexity index is 918. The fourth-order valence-electron chi connectivity index (χ4n) is 2.97. The van der Waals surface area contributed by atoms with Crippen molar-refractivity contribution < 1.29 is 9.53 Å². The number of aryl methyl sites for hydroxylation is 1. The van der Waals surface area contributed by atoms with Crippen molar-refractivity contribution >= 4 is 5.91 Å². The molecule has 25 heavy (non-hydrogen) atoms. The number of aromatic nitrogens is 3. The predicted octanol–water partition coefficient (Wildman–Crippen LogP) is 2.46. The van der Waals surface area contributed by atoms with Gasteiger partial charge in [-0.05, 0) is 30.7 Å². The predicted molar refractivity (Wildman–Crippen MR) is 92.8 cm³/mol. The summed E-state index contributed by atoms with van der Waals surface area (Å²) in [5.41, 5.74) is 5.05. The summed E-state index contributed by atoms with van der Waals surface area (Å²) in [4.78, 5) is 16.4. The van der Waals surface area contributed by atoms with Gasteiger partial charge in [0, 0.05) is 30.1 Å². The monoisotopic (exact) mass is 334 g/mol. The van der Waals surface area contributed by atoms with Gasteiger partial charge in [0.15, 0.2) is 0 Å². The highest BCUT2D eigenvalue weighted by atomic mass is 16.5. The Hall–Kier alpha value is -3.15. The average Bonchev–Trinajstić information content (AvgIpc) is 3.04. The van der Waals surface area contributed by atoms with Gasteiger partial charge in [0.25, 0.3) is 0 Å². The van der Waals surface area contributed by atoms with Crippen LogP contribution in [0.15, 0.2) is 48.9 Å². The van der Waals surface area contributed by atoms with Crippen molar-refractivity contribution in [3.05, 3.63) is 65.6 Å². The third-order valence-electron chi connectivity index (χ3n) is 4.19. The first-order valence-electron chi connectivity index (χ1n) is 8.15. The first-order chi connectivity index (χ1) is 12.2. The van der Waals surface area contributed by atoms with E-state index in [4.69, 9.17) is 4.74 Å². The van der Waals surface area contributed by atoms with Crippen molar-refractivity contribution in [1.29, 1.82) is 0 Å². The first-order valence-corrected chi connectivity index (χ1v) is 8.15. The summed E-state index contributed by atoms with van der Waals surface area (Å²) in [5.74, 6) is 0.742. The molecule has 0 spiro atoms. The van der Waals surface area contributed by atoms with Crippen molar-refractivity contribution in [1.82, 2.24) is 20.1 Å². The van der Waals surface area contributed by atoms with Gasteiger partial charge < -0.3 is 10.1 Å². The zero-order valence-electron chi connectivity index (χ0n) is 13.9. The van der Waals surface area contributed by atoms with E-state index in [1.165, 1.54) is 0 Å². The van der Waals surface area contributed by atoms with Crippen LogP contribution < -0.4 is 10.1 Å². The summed E-state index contributed by atoms with van der Waals surface area (Å²) in [5, 5.41) is 7.29.